The second-order valence-corrected chi connectivity index (χ2v) is 7.32. The highest BCUT2D eigenvalue weighted by Gasteiger charge is 2.31. The van der Waals surface area contributed by atoms with Crippen molar-refractivity contribution < 1.29 is 0 Å². The van der Waals surface area contributed by atoms with E-state index in [4.69, 9.17) is 0 Å². The number of hydrogen-bond donors (Lipinski definition) is 1. The average molecular weight is 279 g/mol. The Morgan fingerprint density at radius 2 is 2.05 bits per heavy atom. The van der Waals surface area contributed by atoms with Gasteiger partial charge in [0, 0.05) is 15.8 Å². The maximum absolute atomic E-state index is 3.84. The van der Waals surface area contributed by atoms with Gasteiger partial charge < -0.3 is 5.32 Å². The monoisotopic (exact) mass is 279 g/mol. The van der Waals surface area contributed by atoms with Crippen LogP contribution in [0.2, 0.25) is 0 Å². The van der Waals surface area contributed by atoms with Crippen molar-refractivity contribution in [1.29, 1.82) is 0 Å². The summed E-state index contributed by atoms with van der Waals surface area (Å²) in [5, 5.41) is 3.84. The normalized spacial score (nSPS) is 25.4. The Kier molecular flexibility index (Phi) is 5.90. The van der Waals surface area contributed by atoms with Gasteiger partial charge in [-0.15, -0.1) is 11.3 Å². The van der Waals surface area contributed by atoms with Gasteiger partial charge in [0.2, 0.25) is 0 Å². The van der Waals surface area contributed by atoms with Gasteiger partial charge in [0.15, 0.2) is 0 Å². The van der Waals surface area contributed by atoms with Crippen LogP contribution in [0.15, 0.2) is 12.1 Å². The lowest BCUT2D eigenvalue weighted by Crippen LogP contribution is -2.34. The quantitative estimate of drug-likeness (QED) is 0.743. The molecule has 3 atom stereocenters. The number of rotatable bonds is 6. The third-order valence-corrected chi connectivity index (χ3v) is 5.69. The van der Waals surface area contributed by atoms with Crippen molar-refractivity contribution in [2.24, 2.45) is 11.8 Å². The smallest absolute Gasteiger partial charge is 0.0446 e. The van der Waals surface area contributed by atoms with Crippen LogP contribution in [-0.4, -0.2) is 6.54 Å². The summed E-state index contributed by atoms with van der Waals surface area (Å²) in [6.07, 6.45) is 8.30. The summed E-state index contributed by atoms with van der Waals surface area (Å²) in [4.78, 5) is 3.01. The second-order valence-electron chi connectivity index (χ2n) is 6.00. The number of hydrogen-bond acceptors (Lipinski definition) is 2. The topological polar surface area (TPSA) is 12.0 Å². The molecule has 1 saturated carbocycles. The standard InChI is InChI=1S/C17H29NS/c1-4-12-18-17(16-11-10-13(3)19-16)15-9-7-6-8-14(15)5-2/h10-11,14-15,17-18H,4-9,12H2,1-3H3. The lowest BCUT2D eigenvalue weighted by atomic mass is 9.73. The van der Waals surface area contributed by atoms with Crippen LogP contribution in [0.25, 0.3) is 0 Å². The predicted molar refractivity (Wildman–Crippen MR) is 85.8 cm³/mol. The van der Waals surface area contributed by atoms with Gasteiger partial charge in [0.05, 0.1) is 0 Å². The van der Waals surface area contributed by atoms with Crippen LogP contribution in [-0.2, 0) is 0 Å². The van der Waals surface area contributed by atoms with Crippen molar-refractivity contribution in [3.8, 4) is 0 Å². The Morgan fingerprint density at radius 1 is 1.26 bits per heavy atom. The van der Waals surface area contributed by atoms with Crippen LogP contribution < -0.4 is 5.32 Å². The largest absolute Gasteiger partial charge is 0.309 e. The van der Waals surface area contributed by atoms with Crippen molar-refractivity contribution in [3.05, 3.63) is 21.9 Å². The molecule has 0 aromatic carbocycles. The van der Waals surface area contributed by atoms with Crippen molar-refractivity contribution in [2.45, 2.75) is 65.3 Å². The molecule has 108 valence electrons. The van der Waals surface area contributed by atoms with E-state index in [1.807, 2.05) is 11.3 Å². The third-order valence-electron chi connectivity index (χ3n) is 4.60. The van der Waals surface area contributed by atoms with Crippen molar-refractivity contribution in [2.75, 3.05) is 6.54 Å². The first-order valence-electron chi connectivity index (χ1n) is 8.06. The van der Waals surface area contributed by atoms with E-state index in [-0.39, 0.29) is 0 Å². The summed E-state index contributed by atoms with van der Waals surface area (Å²) < 4.78 is 0. The van der Waals surface area contributed by atoms with Crippen LogP contribution in [0.1, 0.15) is 68.2 Å². The summed E-state index contributed by atoms with van der Waals surface area (Å²) in [6, 6.07) is 5.24. The fourth-order valence-electron chi connectivity index (χ4n) is 3.57. The summed E-state index contributed by atoms with van der Waals surface area (Å²) in [5.41, 5.74) is 0. The molecule has 1 aliphatic rings. The lowest BCUT2D eigenvalue weighted by Gasteiger charge is -2.37. The molecule has 0 radical (unpaired) electrons. The first-order chi connectivity index (χ1) is 9.26. The molecule has 0 saturated heterocycles. The van der Waals surface area contributed by atoms with Crippen molar-refractivity contribution in [3.63, 3.8) is 0 Å². The maximum Gasteiger partial charge on any atom is 0.0446 e. The van der Waals surface area contributed by atoms with Gasteiger partial charge in [-0.3, -0.25) is 0 Å². The van der Waals surface area contributed by atoms with Crippen LogP contribution >= 0.6 is 11.3 Å². The zero-order valence-corrected chi connectivity index (χ0v) is 13.6. The molecule has 0 amide bonds. The average Bonchev–Trinajstić information content (AvgIpc) is 2.86. The Labute approximate surface area is 122 Å². The Bertz CT molecular complexity index is 371. The molecule has 1 heterocycles. The molecule has 0 bridgehead atoms. The fraction of sp³-hybridized carbons (Fsp3) is 0.765. The maximum atomic E-state index is 3.84. The van der Waals surface area contributed by atoms with Crippen molar-refractivity contribution in [1.82, 2.24) is 5.32 Å². The summed E-state index contributed by atoms with van der Waals surface area (Å²) >= 11 is 1.99. The van der Waals surface area contributed by atoms with Crippen LogP contribution in [0.5, 0.6) is 0 Å². The van der Waals surface area contributed by atoms with Crippen molar-refractivity contribution >= 4 is 11.3 Å². The molecule has 1 aromatic rings. The first kappa shape index (κ1) is 15.1. The molecule has 1 nitrogen and oxygen atoms in total. The van der Waals surface area contributed by atoms with E-state index in [1.165, 1.54) is 43.4 Å². The van der Waals surface area contributed by atoms with Gasteiger partial charge in [-0.05, 0) is 50.3 Å². The minimum atomic E-state index is 0.601. The van der Waals surface area contributed by atoms with E-state index in [1.54, 1.807) is 4.88 Å². The molecule has 0 spiro atoms. The molecular formula is C17H29NS. The highest BCUT2D eigenvalue weighted by atomic mass is 32.1. The summed E-state index contributed by atoms with van der Waals surface area (Å²) in [7, 11) is 0. The van der Waals surface area contributed by atoms with E-state index in [0.29, 0.717) is 6.04 Å². The zero-order valence-electron chi connectivity index (χ0n) is 12.7. The molecule has 1 fully saturated rings. The molecule has 1 N–H and O–H groups in total. The second kappa shape index (κ2) is 7.44. The Hall–Kier alpha value is -0.340. The molecule has 2 rings (SSSR count). The Morgan fingerprint density at radius 3 is 2.68 bits per heavy atom. The van der Waals surface area contributed by atoms with Gasteiger partial charge in [0.25, 0.3) is 0 Å². The van der Waals surface area contributed by atoms with Gasteiger partial charge in [-0.25, -0.2) is 0 Å². The van der Waals surface area contributed by atoms with E-state index >= 15 is 0 Å². The minimum absolute atomic E-state index is 0.601. The number of thiophene rings is 1. The van der Waals surface area contributed by atoms with E-state index in [9.17, 15) is 0 Å². The molecule has 19 heavy (non-hydrogen) atoms. The summed E-state index contributed by atoms with van der Waals surface area (Å²) in [6.45, 7) is 8.01. The number of nitrogens with one attached hydrogen (secondary N) is 1. The molecular weight excluding hydrogens is 250 g/mol. The van der Waals surface area contributed by atoms with Gasteiger partial charge in [-0.2, -0.15) is 0 Å². The molecule has 1 aliphatic carbocycles. The van der Waals surface area contributed by atoms with Gasteiger partial charge in [-0.1, -0.05) is 39.5 Å². The van der Waals surface area contributed by atoms with Crippen LogP contribution in [0.3, 0.4) is 0 Å². The first-order valence-corrected chi connectivity index (χ1v) is 8.87. The molecule has 0 aliphatic heterocycles. The molecule has 1 aromatic heterocycles. The lowest BCUT2D eigenvalue weighted by molar-refractivity contribution is 0.177. The van der Waals surface area contributed by atoms with Gasteiger partial charge >= 0.3 is 0 Å². The predicted octanol–water partition coefficient (Wildman–Crippen LogP) is 5.31. The SMILES string of the molecule is CCCNC(c1ccc(C)s1)C1CCCCC1CC. The highest BCUT2D eigenvalue weighted by molar-refractivity contribution is 7.12. The zero-order chi connectivity index (χ0) is 13.7. The molecule has 3 unspecified atom stereocenters. The van der Waals surface area contributed by atoms with Crippen LogP contribution in [0.4, 0.5) is 0 Å². The van der Waals surface area contributed by atoms with Crippen LogP contribution in [0, 0.1) is 18.8 Å². The summed E-state index contributed by atoms with van der Waals surface area (Å²) in [5.74, 6) is 1.77. The van der Waals surface area contributed by atoms with E-state index < -0.39 is 0 Å². The fourth-order valence-corrected chi connectivity index (χ4v) is 4.59. The number of aryl methyl sites for hydroxylation is 1. The Balaban J connectivity index is 2.15. The third kappa shape index (κ3) is 3.82. The minimum Gasteiger partial charge on any atom is -0.309 e. The molecule has 2 heteroatoms. The van der Waals surface area contributed by atoms with E-state index in [2.05, 4.69) is 38.2 Å². The van der Waals surface area contributed by atoms with E-state index in [0.717, 1.165) is 18.4 Å². The highest BCUT2D eigenvalue weighted by Crippen LogP contribution is 2.41. The van der Waals surface area contributed by atoms with Gasteiger partial charge in [0.1, 0.15) is 0 Å².